The van der Waals surface area contributed by atoms with E-state index in [9.17, 15) is 4.79 Å². The van der Waals surface area contributed by atoms with E-state index in [1.807, 2.05) is 29.7 Å². The highest BCUT2D eigenvalue weighted by Gasteiger charge is 2.16. The van der Waals surface area contributed by atoms with E-state index in [2.05, 4.69) is 0 Å². The number of hydrogen-bond acceptors (Lipinski definition) is 3. The van der Waals surface area contributed by atoms with Gasteiger partial charge in [0.25, 0.3) is 0 Å². The highest BCUT2D eigenvalue weighted by atomic mass is 32.2. The quantitative estimate of drug-likeness (QED) is 0.664. The van der Waals surface area contributed by atoms with Gasteiger partial charge in [0, 0.05) is 15.8 Å². The Hall–Kier alpha value is -1.48. The van der Waals surface area contributed by atoms with Crippen LogP contribution in [0.15, 0.2) is 32.9 Å². The van der Waals surface area contributed by atoms with E-state index in [0.29, 0.717) is 5.76 Å². The molecular weight excluding hydrogens is 196 g/mol. The molecule has 0 bridgehead atoms. The number of benzene rings is 1. The molecule has 0 radical (unpaired) electrons. The van der Waals surface area contributed by atoms with Crippen LogP contribution in [0.1, 0.15) is 16.1 Å². The molecular formula is C11H6O2S. The van der Waals surface area contributed by atoms with Gasteiger partial charge in [0.2, 0.25) is 0 Å². The molecule has 3 heteroatoms. The minimum absolute atomic E-state index is 0.420. The second kappa shape index (κ2) is 2.75. The van der Waals surface area contributed by atoms with Gasteiger partial charge in [-0.2, -0.15) is 0 Å². The van der Waals surface area contributed by atoms with Gasteiger partial charge in [-0.15, -0.1) is 0 Å². The fourth-order valence-electron chi connectivity index (χ4n) is 1.68. The molecule has 0 spiro atoms. The lowest BCUT2D eigenvalue weighted by molar-refractivity contribution is 0.110. The highest BCUT2D eigenvalue weighted by Crippen LogP contribution is 2.39. The molecule has 2 heterocycles. The van der Waals surface area contributed by atoms with E-state index in [0.717, 1.165) is 27.7 Å². The number of carbonyl (C=O) groups excluding carboxylic acids is 1. The van der Waals surface area contributed by atoms with Crippen LogP contribution < -0.4 is 0 Å². The van der Waals surface area contributed by atoms with Crippen LogP contribution in [-0.2, 0) is 0 Å². The molecule has 1 aromatic carbocycles. The van der Waals surface area contributed by atoms with E-state index in [1.54, 1.807) is 11.8 Å². The van der Waals surface area contributed by atoms with E-state index >= 15 is 0 Å². The average molecular weight is 202 g/mol. The smallest absolute Gasteiger partial charge is 0.185 e. The third-order valence-corrected chi connectivity index (χ3v) is 3.15. The summed E-state index contributed by atoms with van der Waals surface area (Å²) in [6.07, 6.45) is 2.69. The van der Waals surface area contributed by atoms with Gasteiger partial charge in [-0.1, -0.05) is 17.8 Å². The summed E-state index contributed by atoms with van der Waals surface area (Å²) in [5.74, 6) is 0.420. The lowest BCUT2D eigenvalue weighted by Gasteiger charge is -2.03. The van der Waals surface area contributed by atoms with Crippen molar-refractivity contribution >= 4 is 35.1 Å². The van der Waals surface area contributed by atoms with Crippen molar-refractivity contribution in [2.24, 2.45) is 0 Å². The van der Waals surface area contributed by atoms with Crippen molar-refractivity contribution < 1.29 is 9.21 Å². The number of furan rings is 1. The van der Waals surface area contributed by atoms with Gasteiger partial charge in [-0.05, 0) is 23.6 Å². The fourth-order valence-corrected chi connectivity index (χ4v) is 2.52. The van der Waals surface area contributed by atoms with Gasteiger partial charge in [-0.25, -0.2) is 0 Å². The van der Waals surface area contributed by atoms with Gasteiger partial charge in [-0.3, -0.25) is 4.79 Å². The summed E-state index contributed by atoms with van der Waals surface area (Å²) in [6.45, 7) is 0. The normalized spacial score (nSPS) is 13.4. The predicted octanol–water partition coefficient (Wildman–Crippen LogP) is 3.32. The van der Waals surface area contributed by atoms with Crippen molar-refractivity contribution in [3.63, 3.8) is 0 Å². The van der Waals surface area contributed by atoms with Crippen molar-refractivity contribution in [2.75, 3.05) is 0 Å². The molecule has 0 atom stereocenters. The molecule has 0 saturated carbocycles. The zero-order chi connectivity index (χ0) is 9.54. The topological polar surface area (TPSA) is 30.2 Å². The van der Waals surface area contributed by atoms with E-state index in [1.165, 1.54) is 0 Å². The summed E-state index contributed by atoms with van der Waals surface area (Å²) in [5.41, 5.74) is 1.70. The number of carbonyl (C=O) groups is 1. The van der Waals surface area contributed by atoms with Crippen molar-refractivity contribution in [1.82, 2.24) is 0 Å². The van der Waals surface area contributed by atoms with Crippen LogP contribution in [0, 0.1) is 0 Å². The van der Waals surface area contributed by atoms with Gasteiger partial charge >= 0.3 is 0 Å². The molecule has 2 aromatic rings. The molecule has 0 unspecified atom stereocenters. The standard InChI is InChI=1S/C11H6O2S/c12-6-9-7-4-5-14-10-3-1-2-8(13-9)11(7)10/h1-6H. The zero-order valence-corrected chi connectivity index (χ0v) is 8.01. The summed E-state index contributed by atoms with van der Waals surface area (Å²) in [7, 11) is 0. The Kier molecular flexibility index (Phi) is 1.55. The lowest BCUT2D eigenvalue weighted by Crippen LogP contribution is -1.82. The molecule has 68 valence electrons. The summed E-state index contributed by atoms with van der Waals surface area (Å²) >= 11 is 1.65. The van der Waals surface area contributed by atoms with Crippen molar-refractivity contribution in [1.29, 1.82) is 0 Å². The maximum Gasteiger partial charge on any atom is 0.185 e. The summed E-state index contributed by atoms with van der Waals surface area (Å²) in [5, 5.41) is 3.03. The number of rotatable bonds is 1. The van der Waals surface area contributed by atoms with Gasteiger partial charge < -0.3 is 4.42 Å². The first-order chi connectivity index (χ1) is 6.90. The first kappa shape index (κ1) is 7.88. The Labute approximate surface area is 84.6 Å². The van der Waals surface area contributed by atoms with Gasteiger partial charge in [0.15, 0.2) is 12.0 Å². The first-order valence-electron chi connectivity index (χ1n) is 4.24. The van der Waals surface area contributed by atoms with Crippen LogP contribution in [0.3, 0.4) is 0 Å². The van der Waals surface area contributed by atoms with Crippen molar-refractivity contribution in [2.45, 2.75) is 4.90 Å². The largest absolute Gasteiger partial charge is 0.453 e. The molecule has 0 aliphatic carbocycles. The molecule has 0 amide bonds. The van der Waals surface area contributed by atoms with Crippen molar-refractivity contribution in [3.8, 4) is 0 Å². The average Bonchev–Trinajstić information content (AvgIpc) is 2.60. The zero-order valence-electron chi connectivity index (χ0n) is 7.19. The molecule has 3 rings (SSSR count). The van der Waals surface area contributed by atoms with Crippen LogP contribution >= 0.6 is 11.8 Å². The van der Waals surface area contributed by atoms with Crippen LogP contribution in [0.2, 0.25) is 0 Å². The number of aldehydes is 1. The van der Waals surface area contributed by atoms with E-state index in [4.69, 9.17) is 4.42 Å². The molecule has 0 saturated heterocycles. The third kappa shape index (κ3) is 0.902. The Morgan fingerprint density at radius 2 is 2.29 bits per heavy atom. The predicted molar refractivity (Wildman–Crippen MR) is 56.5 cm³/mol. The third-order valence-electron chi connectivity index (χ3n) is 2.28. The van der Waals surface area contributed by atoms with Gasteiger partial charge in [0.05, 0.1) is 0 Å². The molecule has 14 heavy (non-hydrogen) atoms. The lowest BCUT2D eigenvalue weighted by atomic mass is 10.1. The summed E-state index contributed by atoms with van der Waals surface area (Å²) in [6, 6.07) is 5.85. The van der Waals surface area contributed by atoms with E-state index in [-0.39, 0.29) is 0 Å². The van der Waals surface area contributed by atoms with Crippen molar-refractivity contribution in [3.05, 3.63) is 34.9 Å². The Morgan fingerprint density at radius 3 is 3.14 bits per heavy atom. The van der Waals surface area contributed by atoms with Crippen LogP contribution in [-0.4, -0.2) is 6.29 Å². The minimum Gasteiger partial charge on any atom is -0.453 e. The summed E-state index contributed by atoms with van der Waals surface area (Å²) < 4.78 is 5.43. The maximum atomic E-state index is 10.8. The Bertz CT molecular complexity index is 552. The molecule has 2 nitrogen and oxygen atoms in total. The Balaban J connectivity index is 2.53. The number of hydrogen-bond donors (Lipinski definition) is 0. The highest BCUT2D eigenvalue weighted by molar-refractivity contribution is 8.02. The van der Waals surface area contributed by atoms with Crippen LogP contribution in [0.5, 0.6) is 0 Å². The second-order valence-electron chi connectivity index (χ2n) is 3.05. The van der Waals surface area contributed by atoms with Gasteiger partial charge in [0.1, 0.15) is 5.58 Å². The molecule has 1 aliphatic heterocycles. The monoisotopic (exact) mass is 202 g/mol. The summed E-state index contributed by atoms with van der Waals surface area (Å²) in [4.78, 5) is 11.9. The molecule has 0 fully saturated rings. The Morgan fingerprint density at radius 1 is 1.36 bits per heavy atom. The minimum atomic E-state index is 0.420. The molecule has 1 aliphatic rings. The second-order valence-corrected chi connectivity index (χ2v) is 4.00. The maximum absolute atomic E-state index is 10.8. The van der Waals surface area contributed by atoms with Crippen LogP contribution in [0.4, 0.5) is 0 Å². The molecule has 0 N–H and O–H groups in total. The first-order valence-corrected chi connectivity index (χ1v) is 5.12. The number of thioether (sulfide) groups is 1. The SMILES string of the molecule is O=Cc1oc2cccc3c2c1C=CS3. The van der Waals surface area contributed by atoms with Crippen LogP contribution in [0.25, 0.3) is 17.0 Å². The fraction of sp³-hybridized carbons (Fsp3) is 0. The molecule has 1 aromatic heterocycles. The van der Waals surface area contributed by atoms with E-state index < -0.39 is 0 Å².